The quantitative estimate of drug-likeness (QED) is 0.628. The average molecular weight is 272 g/mol. The molecule has 1 saturated carbocycles. The number of aliphatic imine (C=N–C) groups is 1. The van der Waals surface area contributed by atoms with Gasteiger partial charge in [-0.3, -0.25) is 9.39 Å². The van der Waals surface area contributed by atoms with Crippen LogP contribution in [0, 0.1) is 5.92 Å². The molecule has 0 spiro atoms. The lowest BCUT2D eigenvalue weighted by atomic mass is 9.86. The molecule has 1 fully saturated rings. The minimum Gasteiger partial charge on any atom is -0.370 e. The Morgan fingerprint density at radius 1 is 1.40 bits per heavy atom. The van der Waals surface area contributed by atoms with Gasteiger partial charge in [0.2, 0.25) is 0 Å². The number of hydrogen-bond donors (Lipinski definition) is 2. The van der Waals surface area contributed by atoms with Gasteiger partial charge in [0.25, 0.3) is 0 Å². The van der Waals surface area contributed by atoms with Crippen molar-refractivity contribution in [3.63, 3.8) is 0 Å². The molecule has 0 radical (unpaired) electrons. The van der Waals surface area contributed by atoms with Crippen LogP contribution in [0.2, 0.25) is 0 Å². The molecule has 0 atom stereocenters. The molecule has 1 aliphatic rings. The van der Waals surface area contributed by atoms with E-state index >= 15 is 0 Å². The summed E-state index contributed by atoms with van der Waals surface area (Å²) in [6.45, 7) is 1.57. The van der Waals surface area contributed by atoms with Crippen LogP contribution < -0.4 is 11.1 Å². The SMILES string of the molecule is NC(=NCC1CCC1)NCCc1nnc2ccccn12. The second-order valence-corrected chi connectivity index (χ2v) is 5.24. The first-order valence-corrected chi connectivity index (χ1v) is 7.15. The van der Waals surface area contributed by atoms with Crippen LogP contribution in [-0.4, -0.2) is 33.6 Å². The van der Waals surface area contributed by atoms with Crippen molar-refractivity contribution in [1.29, 1.82) is 0 Å². The average Bonchev–Trinajstić information content (AvgIpc) is 2.81. The van der Waals surface area contributed by atoms with Crippen LogP contribution in [-0.2, 0) is 6.42 Å². The monoisotopic (exact) mass is 272 g/mol. The van der Waals surface area contributed by atoms with Gasteiger partial charge in [-0.25, -0.2) is 0 Å². The van der Waals surface area contributed by atoms with E-state index in [-0.39, 0.29) is 0 Å². The van der Waals surface area contributed by atoms with Crippen molar-refractivity contribution in [2.45, 2.75) is 25.7 Å². The molecule has 3 rings (SSSR count). The summed E-state index contributed by atoms with van der Waals surface area (Å²) in [7, 11) is 0. The lowest BCUT2D eigenvalue weighted by molar-refractivity contribution is 0.326. The van der Waals surface area contributed by atoms with Crippen LogP contribution in [0.15, 0.2) is 29.4 Å². The Morgan fingerprint density at radius 2 is 2.30 bits per heavy atom. The van der Waals surface area contributed by atoms with E-state index in [1.807, 2.05) is 28.8 Å². The van der Waals surface area contributed by atoms with E-state index in [0.717, 1.165) is 36.9 Å². The molecular formula is C14H20N6. The molecule has 2 aromatic rings. The molecule has 106 valence electrons. The number of fused-ring (bicyclic) bond motifs is 1. The summed E-state index contributed by atoms with van der Waals surface area (Å²) in [5, 5.41) is 11.4. The van der Waals surface area contributed by atoms with Gasteiger partial charge in [0.1, 0.15) is 5.82 Å². The van der Waals surface area contributed by atoms with Crippen LogP contribution in [0.3, 0.4) is 0 Å². The van der Waals surface area contributed by atoms with E-state index < -0.39 is 0 Å². The van der Waals surface area contributed by atoms with Crippen LogP contribution in [0.25, 0.3) is 5.65 Å². The van der Waals surface area contributed by atoms with Gasteiger partial charge in [-0.15, -0.1) is 10.2 Å². The number of aromatic nitrogens is 3. The van der Waals surface area contributed by atoms with Crippen LogP contribution in [0.4, 0.5) is 0 Å². The third kappa shape index (κ3) is 2.89. The molecule has 6 nitrogen and oxygen atoms in total. The molecule has 6 heteroatoms. The summed E-state index contributed by atoms with van der Waals surface area (Å²) in [5.74, 6) is 2.21. The predicted octanol–water partition coefficient (Wildman–Crippen LogP) is 0.976. The largest absolute Gasteiger partial charge is 0.370 e. The zero-order valence-corrected chi connectivity index (χ0v) is 11.5. The first-order valence-electron chi connectivity index (χ1n) is 7.15. The molecule has 0 amide bonds. The normalized spacial score (nSPS) is 16.3. The smallest absolute Gasteiger partial charge is 0.188 e. The van der Waals surface area contributed by atoms with Crippen LogP contribution in [0.1, 0.15) is 25.1 Å². The Labute approximate surface area is 118 Å². The molecule has 0 unspecified atom stereocenters. The molecule has 0 saturated heterocycles. The van der Waals surface area contributed by atoms with E-state index in [2.05, 4.69) is 20.5 Å². The number of rotatable bonds is 5. The Bertz CT molecular complexity index is 598. The van der Waals surface area contributed by atoms with Gasteiger partial charge in [0.15, 0.2) is 11.6 Å². The Balaban J connectivity index is 1.49. The highest BCUT2D eigenvalue weighted by molar-refractivity contribution is 5.77. The highest BCUT2D eigenvalue weighted by atomic mass is 15.2. The predicted molar refractivity (Wildman–Crippen MR) is 78.5 cm³/mol. The standard InChI is InChI=1S/C14H20N6/c15-14(17-10-11-4-3-5-11)16-8-7-13-19-18-12-6-1-2-9-20(12)13/h1-2,6,9,11H,3-5,7-8,10H2,(H3,15,16,17). The van der Waals surface area contributed by atoms with Crippen molar-refractivity contribution in [2.24, 2.45) is 16.6 Å². The summed E-state index contributed by atoms with van der Waals surface area (Å²) in [5.41, 5.74) is 6.72. The van der Waals surface area contributed by atoms with Gasteiger partial charge in [-0.2, -0.15) is 0 Å². The first kappa shape index (κ1) is 12.9. The van der Waals surface area contributed by atoms with Crippen LogP contribution in [0.5, 0.6) is 0 Å². The highest BCUT2D eigenvalue weighted by Crippen LogP contribution is 2.26. The Kier molecular flexibility index (Phi) is 3.80. The topological polar surface area (TPSA) is 80.6 Å². The number of nitrogens with zero attached hydrogens (tertiary/aromatic N) is 4. The minimum absolute atomic E-state index is 0.533. The van der Waals surface area contributed by atoms with Crippen molar-refractivity contribution >= 4 is 11.6 Å². The van der Waals surface area contributed by atoms with Crippen LogP contribution >= 0.6 is 0 Å². The van der Waals surface area contributed by atoms with Gasteiger partial charge >= 0.3 is 0 Å². The molecule has 2 heterocycles. The van der Waals surface area contributed by atoms with Gasteiger partial charge in [-0.1, -0.05) is 12.5 Å². The molecule has 2 aromatic heterocycles. The zero-order chi connectivity index (χ0) is 13.8. The molecular weight excluding hydrogens is 252 g/mol. The van der Waals surface area contributed by atoms with Crippen molar-refractivity contribution < 1.29 is 0 Å². The molecule has 20 heavy (non-hydrogen) atoms. The lowest BCUT2D eigenvalue weighted by Crippen LogP contribution is -2.34. The number of nitrogens with two attached hydrogens (primary N) is 1. The number of hydrogen-bond acceptors (Lipinski definition) is 3. The third-order valence-electron chi connectivity index (χ3n) is 3.78. The molecule has 0 aliphatic heterocycles. The number of nitrogens with one attached hydrogen (secondary N) is 1. The van der Waals surface area contributed by atoms with Gasteiger partial charge in [0, 0.05) is 25.7 Å². The summed E-state index contributed by atoms with van der Waals surface area (Å²) in [6, 6.07) is 5.87. The maximum Gasteiger partial charge on any atom is 0.188 e. The van der Waals surface area contributed by atoms with Crippen molar-refractivity contribution in [2.75, 3.05) is 13.1 Å². The highest BCUT2D eigenvalue weighted by Gasteiger charge is 2.16. The van der Waals surface area contributed by atoms with E-state index in [0.29, 0.717) is 5.96 Å². The number of guanidine groups is 1. The fourth-order valence-electron chi connectivity index (χ4n) is 2.32. The van der Waals surface area contributed by atoms with Gasteiger partial charge < -0.3 is 11.1 Å². The summed E-state index contributed by atoms with van der Waals surface area (Å²) in [4.78, 5) is 4.37. The van der Waals surface area contributed by atoms with Crippen molar-refractivity contribution in [3.8, 4) is 0 Å². The molecule has 0 aromatic carbocycles. The Morgan fingerprint density at radius 3 is 3.10 bits per heavy atom. The summed E-state index contributed by atoms with van der Waals surface area (Å²) in [6.07, 6.45) is 6.67. The second kappa shape index (κ2) is 5.90. The maximum absolute atomic E-state index is 5.85. The Hall–Kier alpha value is -2.11. The molecule has 3 N–H and O–H groups in total. The fourth-order valence-corrected chi connectivity index (χ4v) is 2.32. The van der Waals surface area contributed by atoms with Gasteiger partial charge in [-0.05, 0) is 30.9 Å². The van der Waals surface area contributed by atoms with E-state index in [4.69, 9.17) is 5.73 Å². The molecule has 1 aliphatic carbocycles. The van der Waals surface area contributed by atoms with Crippen molar-refractivity contribution in [3.05, 3.63) is 30.2 Å². The molecule has 0 bridgehead atoms. The fraction of sp³-hybridized carbons (Fsp3) is 0.500. The third-order valence-corrected chi connectivity index (χ3v) is 3.78. The zero-order valence-electron chi connectivity index (χ0n) is 11.5. The first-order chi connectivity index (χ1) is 9.83. The van der Waals surface area contributed by atoms with Crippen molar-refractivity contribution in [1.82, 2.24) is 19.9 Å². The van der Waals surface area contributed by atoms with E-state index in [1.54, 1.807) is 0 Å². The minimum atomic E-state index is 0.533. The number of pyridine rings is 1. The van der Waals surface area contributed by atoms with E-state index in [1.165, 1.54) is 19.3 Å². The van der Waals surface area contributed by atoms with Gasteiger partial charge in [0.05, 0.1) is 0 Å². The summed E-state index contributed by atoms with van der Waals surface area (Å²) >= 11 is 0. The second-order valence-electron chi connectivity index (χ2n) is 5.24. The lowest BCUT2D eigenvalue weighted by Gasteiger charge is -2.23. The maximum atomic E-state index is 5.85. The summed E-state index contributed by atoms with van der Waals surface area (Å²) < 4.78 is 1.99. The van der Waals surface area contributed by atoms with E-state index in [9.17, 15) is 0 Å².